The summed E-state index contributed by atoms with van der Waals surface area (Å²) in [6.07, 6.45) is 2.51. The van der Waals surface area contributed by atoms with Gasteiger partial charge in [0.25, 0.3) is 10.0 Å². The Morgan fingerprint density at radius 1 is 1.10 bits per heavy atom. The highest BCUT2D eigenvalue weighted by molar-refractivity contribution is 7.92. The van der Waals surface area contributed by atoms with Crippen molar-refractivity contribution in [2.45, 2.75) is 25.2 Å². The van der Waals surface area contributed by atoms with Crippen molar-refractivity contribution in [3.8, 4) is 0 Å². The van der Waals surface area contributed by atoms with Gasteiger partial charge in [-0.2, -0.15) is 0 Å². The highest BCUT2D eigenvalue weighted by atomic mass is 32.2. The van der Waals surface area contributed by atoms with E-state index in [1.165, 1.54) is 6.20 Å². The van der Waals surface area contributed by atoms with Gasteiger partial charge in [0.1, 0.15) is 5.82 Å². The summed E-state index contributed by atoms with van der Waals surface area (Å²) in [6.45, 7) is 4.81. The maximum Gasteiger partial charge on any atom is 0.261 e. The number of aromatic nitrogens is 1. The number of pyridine rings is 1. The van der Waals surface area contributed by atoms with Crippen LogP contribution in [0.3, 0.4) is 0 Å². The number of benzene rings is 1. The highest BCUT2D eigenvalue weighted by Crippen LogP contribution is 2.17. The van der Waals surface area contributed by atoms with Crippen molar-refractivity contribution in [2.75, 3.05) is 16.6 Å². The minimum atomic E-state index is -3.57. The van der Waals surface area contributed by atoms with E-state index < -0.39 is 10.0 Å². The zero-order valence-electron chi connectivity index (χ0n) is 12.1. The smallest absolute Gasteiger partial charge is 0.261 e. The Kier molecular flexibility index (Phi) is 4.80. The van der Waals surface area contributed by atoms with Crippen LogP contribution in [0.2, 0.25) is 0 Å². The van der Waals surface area contributed by atoms with Gasteiger partial charge in [-0.25, -0.2) is 13.4 Å². The van der Waals surface area contributed by atoms with Crippen LogP contribution in [0.5, 0.6) is 0 Å². The third-order valence-corrected chi connectivity index (χ3v) is 4.30. The van der Waals surface area contributed by atoms with Gasteiger partial charge < -0.3 is 5.32 Å². The molecule has 0 saturated heterocycles. The number of anilines is 2. The molecule has 0 fully saturated rings. The van der Waals surface area contributed by atoms with Gasteiger partial charge in [0.2, 0.25) is 0 Å². The van der Waals surface area contributed by atoms with Crippen molar-refractivity contribution in [3.63, 3.8) is 0 Å². The summed E-state index contributed by atoms with van der Waals surface area (Å²) < 4.78 is 26.9. The molecule has 0 aliphatic carbocycles. The zero-order valence-corrected chi connectivity index (χ0v) is 12.9. The Morgan fingerprint density at radius 3 is 2.38 bits per heavy atom. The molecule has 2 N–H and O–H groups in total. The summed E-state index contributed by atoms with van der Waals surface area (Å²) in [5.41, 5.74) is 1.46. The standard InChI is InChI=1S/C15H19N3O2S/c1-3-10-16-15-9-6-13(11-17-15)18-21(19,20)14-7-4-12(2)5-8-14/h4-9,11,18H,3,10H2,1-2H3,(H,16,17). The molecule has 2 aromatic rings. The molecule has 1 heterocycles. The molecular weight excluding hydrogens is 286 g/mol. The molecule has 0 saturated carbocycles. The lowest BCUT2D eigenvalue weighted by molar-refractivity contribution is 0.601. The van der Waals surface area contributed by atoms with Gasteiger partial charge in [-0.3, -0.25) is 4.72 Å². The van der Waals surface area contributed by atoms with Crippen LogP contribution in [0.25, 0.3) is 0 Å². The molecule has 0 atom stereocenters. The third-order valence-electron chi connectivity index (χ3n) is 2.90. The monoisotopic (exact) mass is 305 g/mol. The van der Waals surface area contributed by atoms with E-state index in [0.717, 1.165) is 24.3 Å². The van der Waals surface area contributed by atoms with Crippen LogP contribution in [0.15, 0.2) is 47.5 Å². The molecule has 0 radical (unpaired) electrons. The van der Waals surface area contributed by atoms with Crippen molar-refractivity contribution < 1.29 is 8.42 Å². The molecule has 0 aliphatic heterocycles. The van der Waals surface area contributed by atoms with E-state index in [1.807, 2.05) is 6.92 Å². The fourth-order valence-corrected chi connectivity index (χ4v) is 2.79. The van der Waals surface area contributed by atoms with Gasteiger partial charge in [-0.1, -0.05) is 24.6 Å². The molecule has 0 unspecified atom stereocenters. The van der Waals surface area contributed by atoms with Crippen LogP contribution in [-0.2, 0) is 10.0 Å². The Morgan fingerprint density at radius 2 is 1.81 bits per heavy atom. The maximum atomic E-state index is 12.2. The van der Waals surface area contributed by atoms with Crippen LogP contribution in [0, 0.1) is 6.92 Å². The molecule has 1 aromatic heterocycles. The van der Waals surface area contributed by atoms with Gasteiger partial charge >= 0.3 is 0 Å². The molecule has 2 rings (SSSR count). The summed E-state index contributed by atoms with van der Waals surface area (Å²) in [4.78, 5) is 4.41. The minimum absolute atomic E-state index is 0.237. The molecule has 112 valence electrons. The van der Waals surface area contributed by atoms with Crippen LogP contribution in [0.1, 0.15) is 18.9 Å². The second-order valence-electron chi connectivity index (χ2n) is 4.78. The first-order valence-electron chi connectivity index (χ1n) is 6.80. The van der Waals surface area contributed by atoms with E-state index in [9.17, 15) is 8.42 Å². The third kappa shape index (κ3) is 4.19. The van der Waals surface area contributed by atoms with E-state index >= 15 is 0 Å². The Bertz CT molecular complexity index is 680. The maximum absolute atomic E-state index is 12.2. The van der Waals surface area contributed by atoms with Crippen molar-refractivity contribution in [1.82, 2.24) is 4.98 Å². The Hall–Kier alpha value is -2.08. The number of hydrogen-bond acceptors (Lipinski definition) is 4. The van der Waals surface area contributed by atoms with Gasteiger partial charge in [-0.15, -0.1) is 0 Å². The number of nitrogens with one attached hydrogen (secondary N) is 2. The summed E-state index contributed by atoms with van der Waals surface area (Å²) in [5, 5.41) is 3.13. The lowest BCUT2D eigenvalue weighted by Crippen LogP contribution is -2.13. The van der Waals surface area contributed by atoms with Crippen molar-refractivity contribution >= 4 is 21.5 Å². The fourth-order valence-electron chi connectivity index (χ4n) is 1.74. The van der Waals surface area contributed by atoms with Crippen LogP contribution in [0.4, 0.5) is 11.5 Å². The van der Waals surface area contributed by atoms with Crippen LogP contribution < -0.4 is 10.0 Å². The van der Waals surface area contributed by atoms with E-state index in [4.69, 9.17) is 0 Å². The molecule has 0 spiro atoms. The average molecular weight is 305 g/mol. The van der Waals surface area contributed by atoms with Gasteiger partial charge in [0, 0.05) is 6.54 Å². The first kappa shape index (κ1) is 15.3. The molecule has 6 heteroatoms. The number of nitrogens with zero attached hydrogens (tertiary/aromatic N) is 1. The second-order valence-corrected chi connectivity index (χ2v) is 6.46. The first-order valence-corrected chi connectivity index (χ1v) is 8.29. The van der Waals surface area contributed by atoms with Crippen molar-refractivity contribution in [1.29, 1.82) is 0 Å². The minimum Gasteiger partial charge on any atom is -0.370 e. The van der Waals surface area contributed by atoms with E-state index in [0.29, 0.717) is 5.69 Å². The summed E-state index contributed by atoms with van der Waals surface area (Å²) in [5.74, 6) is 0.732. The Labute approximate surface area is 125 Å². The zero-order chi connectivity index (χ0) is 15.3. The normalized spacial score (nSPS) is 11.1. The Balaban J connectivity index is 2.11. The summed E-state index contributed by atoms with van der Waals surface area (Å²) >= 11 is 0. The number of rotatable bonds is 6. The first-order chi connectivity index (χ1) is 10.0. The predicted octanol–water partition coefficient (Wildman–Crippen LogP) is 3.01. The van der Waals surface area contributed by atoms with Crippen molar-refractivity contribution in [2.24, 2.45) is 0 Å². The lowest BCUT2D eigenvalue weighted by atomic mass is 10.2. The fraction of sp³-hybridized carbons (Fsp3) is 0.267. The molecule has 0 aliphatic rings. The number of hydrogen-bond donors (Lipinski definition) is 2. The molecular formula is C15H19N3O2S. The SMILES string of the molecule is CCCNc1ccc(NS(=O)(=O)c2ccc(C)cc2)cn1. The van der Waals surface area contributed by atoms with Crippen LogP contribution >= 0.6 is 0 Å². The highest BCUT2D eigenvalue weighted by Gasteiger charge is 2.13. The van der Waals surface area contributed by atoms with Gasteiger partial charge in [0.15, 0.2) is 0 Å². The molecule has 0 bridgehead atoms. The van der Waals surface area contributed by atoms with Crippen molar-refractivity contribution in [3.05, 3.63) is 48.2 Å². The topological polar surface area (TPSA) is 71.1 Å². The molecule has 0 amide bonds. The van der Waals surface area contributed by atoms with E-state index in [-0.39, 0.29) is 4.90 Å². The van der Waals surface area contributed by atoms with E-state index in [1.54, 1.807) is 36.4 Å². The predicted molar refractivity (Wildman–Crippen MR) is 85.0 cm³/mol. The molecule has 1 aromatic carbocycles. The largest absolute Gasteiger partial charge is 0.370 e. The quantitative estimate of drug-likeness (QED) is 0.860. The number of aryl methyl sites for hydroxylation is 1. The number of sulfonamides is 1. The average Bonchev–Trinajstić information content (AvgIpc) is 2.47. The van der Waals surface area contributed by atoms with E-state index in [2.05, 4.69) is 21.9 Å². The molecule has 5 nitrogen and oxygen atoms in total. The lowest BCUT2D eigenvalue weighted by Gasteiger charge is -2.09. The summed E-state index contributed by atoms with van der Waals surface area (Å²) in [6, 6.07) is 10.2. The van der Waals surface area contributed by atoms with Gasteiger partial charge in [0.05, 0.1) is 16.8 Å². The van der Waals surface area contributed by atoms with Crippen LogP contribution in [-0.4, -0.2) is 19.9 Å². The second kappa shape index (κ2) is 6.58. The molecule has 21 heavy (non-hydrogen) atoms. The summed E-state index contributed by atoms with van der Waals surface area (Å²) in [7, 11) is -3.57. The van der Waals surface area contributed by atoms with Gasteiger partial charge in [-0.05, 0) is 37.6 Å².